The summed E-state index contributed by atoms with van der Waals surface area (Å²) in [5, 5.41) is 21.0. The van der Waals surface area contributed by atoms with E-state index in [-0.39, 0.29) is 47.4 Å². The van der Waals surface area contributed by atoms with Crippen LogP contribution in [0, 0.1) is 0 Å². The van der Waals surface area contributed by atoms with Crippen LogP contribution in [0.2, 0.25) is 0 Å². The van der Waals surface area contributed by atoms with E-state index in [0.29, 0.717) is 0 Å². The SMILES string of the molecule is C[n+]1cn([C@H]2COC[C@@H](COP(=O)(O)OP(=O)(O)OP(=O)(O)OC[C@H]3O[C@@H](n4cnc5c(=O)[nH]c(N)nc54)[C@H](O)[C@@H]3O)O2)c2nc(N)[nH]c(=O)c21. The van der Waals surface area contributed by atoms with Crippen LogP contribution in [0.1, 0.15) is 12.5 Å². The van der Waals surface area contributed by atoms with E-state index in [9.17, 15) is 48.2 Å². The number of nitrogen functional groups attached to an aromatic ring is 2. The zero-order chi connectivity index (χ0) is 37.0. The number of nitrogens with one attached hydrogen (secondary N) is 2. The molecule has 2 fully saturated rings. The molecule has 30 heteroatoms. The molecule has 0 amide bonds. The molecule has 11 N–H and O–H groups in total. The lowest BCUT2D eigenvalue weighted by Crippen LogP contribution is -2.37. The summed E-state index contributed by atoms with van der Waals surface area (Å²) in [6.45, 7) is -2.06. The zero-order valence-electron chi connectivity index (χ0n) is 25.8. The van der Waals surface area contributed by atoms with Crippen molar-refractivity contribution >= 4 is 57.7 Å². The molecule has 0 aliphatic carbocycles. The van der Waals surface area contributed by atoms with E-state index in [1.807, 2.05) is 0 Å². The molecule has 2 saturated heterocycles. The average molecular weight is 787 g/mol. The molecule has 2 aliphatic rings. The highest BCUT2D eigenvalue weighted by Crippen LogP contribution is 2.67. The van der Waals surface area contributed by atoms with E-state index < -0.39 is 84.7 Å². The molecule has 51 heavy (non-hydrogen) atoms. The maximum Gasteiger partial charge on any atom is 0.490 e. The Hall–Kier alpha value is -3.49. The number of H-pyrrole nitrogens is 2. The second-order valence-corrected chi connectivity index (χ2v) is 15.6. The minimum absolute atomic E-state index is 0.0517. The third-order valence-electron chi connectivity index (χ3n) is 7.31. The topological polar surface area (TPSA) is 387 Å². The summed E-state index contributed by atoms with van der Waals surface area (Å²) in [5.74, 6) is -0.463. The van der Waals surface area contributed by atoms with E-state index in [0.717, 1.165) is 10.9 Å². The van der Waals surface area contributed by atoms with E-state index in [1.165, 1.54) is 15.5 Å². The Morgan fingerprint density at radius 1 is 0.902 bits per heavy atom. The molecule has 9 atom stereocenters. The van der Waals surface area contributed by atoms with E-state index in [1.54, 1.807) is 7.05 Å². The fraction of sp³-hybridized carbons (Fsp3) is 0.524. The Morgan fingerprint density at radius 3 is 2.22 bits per heavy atom. The van der Waals surface area contributed by atoms with Crippen LogP contribution in [0.25, 0.3) is 22.3 Å². The summed E-state index contributed by atoms with van der Waals surface area (Å²) in [4.78, 5) is 70.9. The maximum absolute atomic E-state index is 12.5. The third kappa shape index (κ3) is 7.97. The van der Waals surface area contributed by atoms with Crippen molar-refractivity contribution in [3.63, 3.8) is 0 Å². The van der Waals surface area contributed by atoms with Crippen molar-refractivity contribution in [1.82, 2.24) is 34.1 Å². The second kappa shape index (κ2) is 13.8. The van der Waals surface area contributed by atoms with Gasteiger partial charge in [-0.3, -0.25) is 33.2 Å². The zero-order valence-corrected chi connectivity index (χ0v) is 28.4. The number of nitrogens with two attached hydrogens (primary N) is 2. The molecule has 0 spiro atoms. The van der Waals surface area contributed by atoms with Gasteiger partial charge in [-0.1, -0.05) is 0 Å². The molecule has 4 aromatic heterocycles. The Labute approximate surface area is 282 Å². The van der Waals surface area contributed by atoms with Crippen LogP contribution in [0.15, 0.2) is 22.2 Å². The number of hydrogen-bond acceptors (Lipinski definition) is 19. The molecule has 6 rings (SSSR count). The van der Waals surface area contributed by atoms with Crippen molar-refractivity contribution in [2.75, 3.05) is 37.9 Å². The molecular weight excluding hydrogens is 757 g/mol. The van der Waals surface area contributed by atoms with Gasteiger partial charge in [0.15, 0.2) is 17.4 Å². The van der Waals surface area contributed by atoms with Crippen LogP contribution < -0.4 is 27.2 Å². The molecule has 0 saturated carbocycles. The molecule has 0 radical (unpaired) electrons. The molecule has 2 aliphatic heterocycles. The van der Waals surface area contributed by atoms with Gasteiger partial charge in [-0.05, 0) is 0 Å². The van der Waals surface area contributed by atoms with Gasteiger partial charge in [-0.25, -0.2) is 23.2 Å². The minimum atomic E-state index is -5.90. The lowest BCUT2D eigenvalue weighted by molar-refractivity contribution is -0.646. The number of phosphoric ester groups is 2. The molecule has 280 valence electrons. The standard InChI is InChI=1S/C21H29N10O17P3/c1-29-7-31(16-12(29)18(35)28-21(23)26-16)10-5-42-2-8(45-10)3-43-49(36,37)47-51(40,41)48-50(38,39)44-4-9-13(32)14(33)19(46-9)30-6-24-11-15(30)25-20(22)27-17(11)34/h6-10,13-14,19,32-33H,2-5H2,1H3,(H8-,22,23,25,26,27,28,34,35,36,37,38,39,40,41)/p+1/t8-,9+,10+,13+,14+,19+/m0/s1. The molecule has 27 nitrogen and oxygen atoms in total. The highest BCUT2D eigenvalue weighted by molar-refractivity contribution is 7.66. The Balaban J connectivity index is 1.03. The minimum Gasteiger partial charge on any atom is -0.387 e. The smallest absolute Gasteiger partial charge is 0.387 e. The number of aromatic amines is 2. The number of hydrogen-bond donors (Lipinski definition) is 9. The molecular formula is C21H30N10O17P3+. The number of fused-ring (bicyclic) bond motifs is 2. The van der Waals surface area contributed by atoms with E-state index >= 15 is 0 Å². The summed E-state index contributed by atoms with van der Waals surface area (Å²) in [6.07, 6.45) is -6.08. The maximum atomic E-state index is 12.5. The van der Waals surface area contributed by atoms with Gasteiger partial charge in [0.2, 0.25) is 24.5 Å². The van der Waals surface area contributed by atoms with Gasteiger partial charge in [0, 0.05) is 0 Å². The van der Waals surface area contributed by atoms with Crippen molar-refractivity contribution in [2.24, 2.45) is 7.05 Å². The van der Waals surface area contributed by atoms with Crippen LogP contribution in [-0.2, 0) is 52.6 Å². The second-order valence-electron chi connectivity index (χ2n) is 11.0. The third-order valence-corrected chi connectivity index (χ3v) is 11.6. The quantitative estimate of drug-likeness (QED) is 0.0503. The first-order valence-electron chi connectivity index (χ1n) is 14.3. The normalized spacial score (nSPS) is 27.7. The highest BCUT2D eigenvalue weighted by atomic mass is 31.3. The predicted octanol–water partition coefficient (Wildman–Crippen LogP) is -3.25. The van der Waals surface area contributed by atoms with Gasteiger partial charge in [-0.15, -0.1) is 0 Å². The number of anilines is 2. The number of aryl methyl sites for hydroxylation is 1. The average Bonchev–Trinajstić information content (AvgIpc) is 3.67. The van der Waals surface area contributed by atoms with Crippen molar-refractivity contribution in [3.05, 3.63) is 33.4 Å². The van der Waals surface area contributed by atoms with Gasteiger partial charge < -0.3 is 50.6 Å². The van der Waals surface area contributed by atoms with Gasteiger partial charge >= 0.3 is 29.0 Å². The fourth-order valence-corrected chi connectivity index (χ4v) is 8.75. The Bertz CT molecular complexity index is 2220. The lowest BCUT2D eigenvalue weighted by Gasteiger charge is -2.28. The number of nitrogens with zero attached hydrogens (tertiary/aromatic N) is 6. The summed E-state index contributed by atoms with van der Waals surface area (Å²) in [5.41, 5.74) is 9.95. The first kappa shape index (κ1) is 37.3. The first-order chi connectivity index (χ1) is 23.8. The van der Waals surface area contributed by atoms with Crippen LogP contribution in [0.4, 0.5) is 11.9 Å². The predicted molar refractivity (Wildman–Crippen MR) is 163 cm³/mol. The number of rotatable bonds is 12. The van der Waals surface area contributed by atoms with Crippen molar-refractivity contribution in [2.45, 2.75) is 36.9 Å². The lowest BCUT2D eigenvalue weighted by atomic mass is 10.1. The van der Waals surface area contributed by atoms with Crippen LogP contribution in [0.3, 0.4) is 0 Å². The van der Waals surface area contributed by atoms with Gasteiger partial charge in [0.05, 0.1) is 33.2 Å². The Kier molecular flexibility index (Phi) is 10.1. The summed E-state index contributed by atoms with van der Waals surface area (Å²) in [6, 6.07) is 0. The Morgan fingerprint density at radius 2 is 1.53 bits per heavy atom. The first-order valence-corrected chi connectivity index (χ1v) is 18.7. The molecule has 4 aromatic rings. The largest absolute Gasteiger partial charge is 0.490 e. The fourth-order valence-electron chi connectivity index (χ4n) is 5.21. The highest BCUT2D eigenvalue weighted by Gasteiger charge is 2.47. The van der Waals surface area contributed by atoms with Crippen molar-refractivity contribution in [1.29, 1.82) is 0 Å². The van der Waals surface area contributed by atoms with E-state index in [4.69, 9.17) is 30.2 Å². The van der Waals surface area contributed by atoms with E-state index in [2.05, 4.69) is 38.1 Å². The van der Waals surface area contributed by atoms with Crippen molar-refractivity contribution < 1.29 is 75.0 Å². The van der Waals surface area contributed by atoms with Gasteiger partial charge in [-0.2, -0.15) is 23.2 Å². The number of aliphatic hydroxyl groups excluding tert-OH is 2. The number of imidazole rings is 2. The summed E-state index contributed by atoms with van der Waals surface area (Å²) < 4.78 is 75.6. The summed E-state index contributed by atoms with van der Waals surface area (Å²) >= 11 is 0. The number of ether oxygens (including phenoxy) is 3. The number of aliphatic hydroxyl groups is 2. The number of aromatic nitrogens is 8. The molecule has 0 aromatic carbocycles. The summed E-state index contributed by atoms with van der Waals surface area (Å²) in [7, 11) is -15.5. The van der Waals surface area contributed by atoms with Gasteiger partial charge in [0.25, 0.3) is 16.7 Å². The van der Waals surface area contributed by atoms with Crippen LogP contribution >= 0.6 is 23.5 Å². The van der Waals surface area contributed by atoms with Gasteiger partial charge in [0.1, 0.15) is 31.0 Å². The monoisotopic (exact) mass is 787 g/mol. The molecule has 3 unspecified atom stereocenters. The molecule has 0 bridgehead atoms. The number of phosphoric acid groups is 3. The van der Waals surface area contributed by atoms with Crippen LogP contribution in [-0.4, -0.2) is 110 Å². The molecule has 6 heterocycles. The van der Waals surface area contributed by atoms with Crippen LogP contribution in [0.5, 0.6) is 0 Å². The van der Waals surface area contributed by atoms with Crippen molar-refractivity contribution in [3.8, 4) is 0 Å².